The number of hydrogen-bond acceptors (Lipinski definition) is 4. The first-order valence-electron chi connectivity index (χ1n) is 9.50. The van der Waals surface area contributed by atoms with E-state index >= 15 is 0 Å². The molecule has 8 heteroatoms. The Labute approximate surface area is 160 Å². The van der Waals surface area contributed by atoms with Crippen LogP contribution in [0.2, 0.25) is 0 Å². The molecule has 0 spiro atoms. The molecule has 7 nitrogen and oxygen atoms in total. The lowest BCUT2D eigenvalue weighted by molar-refractivity contribution is -0.122. The monoisotopic (exact) mass is 393 g/mol. The molecule has 2 aliphatic rings. The molecule has 3 rings (SSSR count). The first-order chi connectivity index (χ1) is 12.9. The van der Waals surface area contributed by atoms with E-state index in [9.17, 15) is 18.0 Å². The van der Waals surface area contributed by atoms with Gasteiger partial charge in [-0.3, -0.25) is 9.59 Å². The summed E-state index contributed by atoms with van der Waals surface area (Å²) in [7, 11) is -1.93. The van der Waals surface area contributed by atoms with Crippen molar-refractivity contribution >= 4 is 21.8 Å². The first kappa shape index (κ1) is 19.8. The van der Waals surface area contributed by atoms with Crippen molar-refractivity contribution < 1.29 is 18.0 Å². The summed E-state index contributed by atoms with van der Waals surface area (Å²) < 4.78 is 26.5. The van der Waals surface area contributed by atoms with Crippen molar-refractivity contribution in [2.45, 2.75) is 37.0 Å². The lowest BCUT2D eigenvalue weighted by Gasteiger charge is -2.27. The van der Waals surface area contributed by atoms with Crippen molar-refractivity contribution in [1.29, 1.82) is 0 Å². The molecule has 0 radical (unpaired) electrons. The number of sulfonamides is 1. The third-order valence-corrected chi connectivity index (χ3v) is 7.21. The van der Waals surface area contributed by atoms with Gasteiger partial charge in [-0.05, 0) is 43.0 Å². The van der Waals surface area contributed by atoms with Crippen molar-refractivity contribution in [3.8, 4) is 0 Å². The lowest BCUT2D eigenvalue weighted by Crippen LogP contribution is -2.49. The highest BCUT2D eigenvalue weighted by Crippen LogP contribution is 2.25. The van der Waals surface area contributed by atoms with E-state index in [1.165, 1.54) is 31.4 Å². The predicted molar refractivity (Wildman–Crippen MR) is 102 cm³/mol. The van der Waals surface area contributed by atoms with E-state index < -0.39 is 10.0 Å². The molecule has 1 heterocycles. The molecule has 1 saturated heterocycles. The number of benzene rings is 1. The van der Waals surface area contributed by atoms with Crippen LogP contribution in [0.25, 0.3) is 0 Å². The van der Waals surface area contributed by atoms with Gasteiger partial charge >= 0.3 is 0 Å². The van der Waals surface area contributed by atoms with E-state index in [4.69, 9.17) is 0 Å². The minimum atomic E-state index is -3.73. The molecule has 0 aromatic heterocycles. The van der Waals surface area contributed by atoms with Crippen LogP contribution in [0.4, 0.5) is 0 Å². The molecule has 1 aliphatic heterocycles. The summed E-state index contributed by atoms with van der Waals surface area (Å²) in [5.74, 6) is 0.153. The Balaban J connectivity index is 1.66. The number of hydrogen-bond donors (Lipinski definition) is 1. The van der Waals surface area contributed by atoms with Gasteiger partial charge in [-0.15, -0.1) is 0 Å². The number of nitrogens with zero attached hydrogens (tertiary/aromatic N) is 2. The van der Waals surface area contributed by atoms with Gasteiger partial charge in [0.15, 0.2) is 0 Å². The molecule has 0 atom stereocenters. The minimum Gasteiger partial charge on any atom is -0.354 e. The van der Waals surface area contributed by atoms with Gasteiger partial charge in [-0.2, -0.15) is 4.31 Å². The number of rotatable bonds is 5. The molecule has 1 aliphatic carbocycles. The lowest BCUT2D eigenvalue weighted by atomic mass is 9.89. The van der Waals surface area contributed by atoms with Crippen LogP contribution >= 0.6 is 0 Å². The van der Waals surface area contributed by atoms with Crippen LogP contribution in [0.15, 0.2) is 29.2 Å². The van der Waals surface area contributed by atoms with Crippen LogP contribution in [-0.2, 0) is 14.8 Å². The Kier molecular flexibility index (Phi) is 6.16. The molecular formula is C19H27N3O4S. The predicted octanol–water partition coefficient (Wildman–Crippen LogP) is 1.46. The van der Waals surface area contributed by atoms with E-state index in [-0.39, 0.29) is 29.8 Å². The summed E-state index contributed by atoms with van der Waals surface area (Å²) in [5.41, 5.74) is 0.476. The maximum Gasteiger partial charge on any atom is 0.253 e. The molecule has 0 bridgehead atoms. The summed E-state index contributed by atoms with van der Waals surface area (Å²) in [6.07, 6.45) is 6.07. The van der Waals surface area contributed by atoms with E-state index in [1.54, 1.807) is 24.1 Å². The summed E-state index contributed by atoms with van der Waals surface area (Å²) in [4.78, 5) is 25.9. The molecule has 2 fully saturated rings. The van der Waals surface area contributed by atoms with Gasteiger partial charge in [0.05, 0.1) is 11.4 Å². The second-order valence-corrected chi connectivity index (χ2v) is 9.34. The topological polar surface area (TPSA) is 86.8 Å². The SMILES string of the molecule is CN(CC1CCCCC1)C(=O)c1ccc(S(=O)(=O)N2CCNC(=O)C2)cc1. The average Bonchev–Trinajstić information content (AvgIpc) is 2.68. The van der Waals surface area contributed by atoms with Crippen molar-refractivity contribution in [3.05, 3.63) is 29.8 Å². The van der Waals surface area contributed by atoms with Crippen molar-refractivity contribution in [1.82, 2.24) is 14.5 Å². The summed E-state index contributed by atoms with van der Waals surface area (Å²) in [6.45, 7) is 1.12. The maximum atomic E-state index is 12.7. The number of carbonyl (C=O) groups is 2. The zero-order chi connectivity index (χ0) is 19.4. The molecule has 2 amide bonds. The molecule has 1 N–H and O–H groups in total. The fourth-order valence-electron chi connectivity index (χ4n) is 3.80. The smallest absolute Gasteiger partial charge is 0.253 e. The average molecular weight is 394 g/mol. The number of carbonyl (C=O) groups excluding carboxylic acids is 2. The van der Waals surface area contributed by atoms with Crippen molar-refractivity contribution in [2.24, 2.45) is 5.92 Å². The van der Waals surface area contributed by atoms with Crippen LogP contribution < -0.4 is 5.32 Å². The zero-order valence-corrected chi connectivity index (χ0v) is 16.5. The standard InChI is InChI=1S/C19H27N3O4S/c1-21(13-15-5-3-2-4-6-15)19(24)16-7-9-17(10-8-16)27(25,26)22-12-11-20-18(23)14-22/h7-10,15H,2-6,11-14H2,1H3,(H,20,23). The van der Waals surface area contributed by atoms with Gasteiger partial charge in [-0.1, -0.05) is 19.3 Å². The van der Waals surface area contributed by atoms with Gasteiger partial charge in [0, 0.05) is 32.2 Å². The summed E-state index contributed by atoms with van der Waals surface area (Å²) in [6, 6.07) is 6.00. The second-order valence-electron chi connectivity index (χ2n) is 7.40. The number of piperazine rings is 1. The Morgan fingerprint density at radius 3 is 2.48 bits per heavy atom. The third-order valence-electron chi connectivity index (χ3n) is 5.35. The Bertz CT molecular complexity index is 786. The Morgan fingerprint density at radius 2 is 1.85 bits per heavy atom. The fourth-order valence-corrected chi connectivity index (χ4v) is 5.20. The largest absolute Gasteiger partial charge is 0.354 e. The highest BCUT2D eigenvalue weighted by Gasteiger charge is 2.29. The van der Waals surface area contributed by atoms with Crippen LogP contribution in [0.5, 0.6) is 0 Å². The maximum absolute atomic E-state index is 12.7. The summed E-state index contributed by atoms with van der Waals surface area (Å²) in [5, 5.41) is 2.61. The minimum absolute atomic E-state index is 0.0955. The van der Waals surface area contributed by atoms with E-state index in [0.717, 1.165) is 23.7 Å². The summed E-state index contributed by atoms with van der Waals surface area (Å²) >= 11 is 0. The van der Waals surface area contributed by atoms with Gasteiger partial charge in [0.25, 0.3) is 5.91 Å². The van der Waals surface area contributed by atoms with Gasteiger partial charge in [-0.25, -0.2) is 8.42 Å². The van der Waals surface area contributed by atoms with Gasteiger partial charge in [0.1, 0.15) is 0 Å². The molecule has 1 saturated carbocycles. The van der Waals surface area contributed by atoms with Gasteiger partial charge in [0.2, 0.25) is 15.9 Å². The number of nitrogens with one attached hydrogen (secondary N) is 1. The second kappa shape index (κ2) is 8.39. The zero-order valence-electron chi connectivity index (χ0n) is 15.7. The Hall–Kier alpha value is -1.93. The first-order valence-corrected chi connectivity index (χ1v) is 10.9. The molecule has 148 valence electrons. The molecule has 1 aromatic rings. The molecular weight excluding hydrogens is 366 g/mol. The van der Waals surface area contributed by atoms with Crippen molar-refractivity contribution in [3.63, 3.8) is 0 Å². The van der Waals surface area contributed by atoms with Gasteiger partial charge < -0.3 is 10.2 Å². The molecule has 1 aromatic carbocycles. The molecule has 0 unspecified atom stereocenters. The van der Waals surface area contributed by atoms with Crippen LogP contribution in [0.1, 0.15) is 42.5 Å². The third kappa shape index (κ3) is 4.68. The Morgan fingerprint density at radius 1 is 1.19 bits per heavy atom. The molecule has 27 heavy (non-hydrogen) atoms. The van der Waals surface area contributed by atoms with Crippen LogP contribution in [-0.4, -0.2) is 62.7 Å². The van der Waals surface area contributed by atoms with E-state index in [2.05, 4.69) is 5.32 Å². The normalized spacial score (nSPS) is 19.5. The van der Waals surface area contributed by atoms with E-state index in [0.29, 0.717) is 18.0 Å². The number of amides is 2. The van der Waals surface area contributed by atoms with E-state index in [1.807, 2.05) is 0 Å². The highest BCUT2D eigenvalue weighted by molar-refractivity contribution is 7.89. The van der Waals surface area contributed by atoms with Crippen molar-refractivity contribution in [2.75, 3.05) is 33.2 Å². The van der Waals surface area contributed by atoms with Crippen LogP contribution in [0, 0.1) is 5.92 Å². The van der Waals surface area contributed by atoms with Crippen LogP contribution in [0.3, 0.4) is 0 Å². The highest BCUT2D eigenvalue weighted by atomic mass is 32.2. The fraction of sp³-hybridized carbons (Fsp3) is 0.579. The quantitative estimate of drug-likeness (QED) is 0.821.